The molecule has 4 aromatic carbocycles. The van der Waals surface area contributed by atoms with E-state index in [4.69, 9.17) is 11.5 Å². The van der Waals surface area contributed by atoms with Crippen molar-refractivity contribution in [1.29, 1.82) is 0 Å². The van der Waals surface area contributed by atoms with Crippen LogP contribution in [0.25, 0.3) is 44.6 Å². The number of hydrogen-bond acceptors (Lipinski definition) is 10. The molecule has 2 heterocycles. The average molecular weight is 603 g/mol. The monoisotopic (exact) mass is 602 g/mol. The smallest absolute Gasteiger partial charge is 0.165 e. The van der Waals surface area contributed by atoms with Gasteiger partial charge in [0.1, 0.15) is 23.1 Å². The van der Waals surface area contributed by atoms with Gasteiger partial charge in [-0.2, -0.15) is 0 Å². The minimum absolute atomic E-state index is 0.0135. The van der Waals surface area contributed by atoms with E-state index in [0.29, 0.717) is 35.9 Å². The molecule has 230 valence electrons. The van der Waals surface area contributed by atoms with Gasteiger partial charge in [0, 0.05) is 35.9 Å². The molecule has 6 aromatic rings. The van der Waals surface area contributed by atoms with Crippen molar-refractivity contribution in [2.75, 3.05) is 23.7 Å². The molecule has 2 atom stereocenters. The van der Waals surface area contributed by atoms with Crippen LogP contribution in [0, 0.1) is 6.92 Å². The summed E-state index contributed by atoms with van der Waals surface area (Å²) >= 11 is 0. The lowest BCUT2D eigenvalue weighted by Gasteiger charge is -2.13. The molecule has 0 fully saturated rings. The zero-order valence-electron chi connectivity index (χ0n) is 25.6. The number of hydrogen-bond donors (Lipinski definition) is 6. The Hall–Kier alpha value is -5.32. The molecular weight excluding hydrogens is 564 g/mol. The zero-order chi connectivity index (χ0) is 31.9. The molecule has 0 aliphatic carbocycles. The molecule has 0 aliphatic heterocycles. The topological polar surface area (TPSA) is 168 Å². The molecule has 45 heavy (non-hydrogen) atoms. The number of rotatable bonds is 8. The first-order valence-corrected chi connectivity index (χ1v) is 14.8. The predicted molar refractivity (Wildman–Crippen MR) is 182 cm³/mol. The Morgan fingerprint density at radius 3 is 1.60 bits per heavy atom. The highest BCUT2D eigenvalue weighted by Gasteiger charge is 2.14. The largest absolute Gasteiger partial charge is 0.507 e. The lowest BCUT2D eigenvalue weighted by molar-refractivity contribution is 0.472. The second-order valence-corrected chi connectivity index (χ2v) is 11.0. The van der Waals surface area contributed by atoms with Gasteiger partial charge in [-0.05, 0) is 68.8 Å². The summed E-state index contributed by atoms with van der Waals surface area (Å²) in [5.41, 5.74) is 15.3. The number of nitrogens with zero attached hydrogens (tertiary/aromatic N) is 4. The second-order valence-electron chi connectivity index (χ2n) is 11.0. The molecule has 0 aliphatic rings. The lowest BCUT2D eigenvalue weighted by Crippen LogP contribution is -2.25. The quantitative estimate of drug-likeness (QED) is 0.125. The maximum absolute atomic E-state index is 10.3. The third-order valence-electron chi connectivity index (χ3n) is 7.01. The maximum atomic E-state index is 10.3. The number of phenols is 2. The van der Waals surface area contributed by atoms with Crippen molar-refractivity contribution in [2.24, 2.45) is 11.5 Å². The number of aromatic nitrogens is 4. The van der Waals surface area contributed by atoms with Gasteiger partial charge in [0.15, 0.2) is 11.6 Å². The Morgan fingerprint density at radius 2 is 1.07 bits per heavy atom. The molecule has 0 radical (unpaired) electrons. The van der Waals surface area contributed by atoms with Crippen LogP contribution in [0.4, 0.5) is 11.6 Å². The first kappa shape index (κ1) is 31.1. The second kappa shape index (κ2) is 14.0. The van der Waals surface area contributed by atoms with Crippen LogP contribution in [0.3, 0.4) is 0 Å². The van der Waals surface area contributed by atoms with E-state index in [0.717, 1.165) is 39.0 Å². The van der Waals surface area contributed by atoms with Gasteiger partial charge in [-0.3, -0.25) is 0 Å². The summed E-state index contributed by atoms with van der Waals surface area (Å²) in [5, 5.41) is 28.7. The minimum Gasteiger partial charge on any atom is -0.507 e. The summed E-state index contributed by atoms with van der Waals surface area (Å²) in [5.74, 6) is 2.81. The molecule has 0 saturated carbocycles. The van der Waals surface area contributed by atoms with Gasteiger partial charge in [-0.15, -0.1) is 0 Å². The summed E-state index contributed by atoms with van der Waals surface area (Å²) in [7, 11) is 0. The number of aromatic hydroxyl groups is 2. The number of nitrogens with one attached hydrogen (secondary N) is 2. The van der Waals surface area contributed by atoms with E-state index >= 15 is 0 Å². The first-order chi connectivity index (χ1) is 21.7. The molecule has 0 unspecified atom stereocenters. The Labute approximate surface area is 262 Å². The molecule has 6 rings (SSSR count). The van der Waals surface area contributed by atoms with E-state index < -0.39 is 0 Å². The highest BCUT2D eigenvalue weighted by atomic mass is 16.3. The molecule has 0 saturated heterocycles. The molecule has 0 spiro atoms. The number of phenolic OH excluding ortho intramolecular Hbond substituents is 2. The van der Waals surface area contributed by atoms with Gasteiger partial charge in [0.05, 0.1) is 22.2 Å². The molecule has 2 aromatic heterocycles. The van der Waals surface area contributed by atoms with Crippen molar-refractivity contribution in [3.63, 3.8) is 0 Å². The van der Waals surface area contributed by atoms with Gasteiger partial charge < -0.3 is 32.3 Å². The standard InChI is InChI=1S/C18H20N4O.C17H18N4O/c1-11-6-5-8-14(16(11)23)18-21-15-9-4-3-7-13(15)17(22-18)20-10-12(2)19;1-11(18)10-19-16-12-6-2-4-8-14(12)20-17(21-16)13-7-3-5-9-15(13)22/h3-9,12,23H,10,19H2,1-2H3,(H,20,21,22);2-9,11,22H,10,18H2,1H3,(H,19,20,21)/t12-;11-/m11/s1. The fraction of sp³-hybridized carbons (Fsp3) is 0.200. The number of aryl methyl sites for hydroxylation is 1. The van der Waals surface area contributed by atoms with E-state index in [1.54, 1.807) is 18.2 Å². The van der Waals surface area contributed by atoms with Crippen LogP contribution in [0.15, 0.2) is 91.0 Å². The fourth-order valence-corrected chi connectivity index (χ4v) is 4.68. The van der Waals surface area contributed by atoms with Gasteiger partial charge in [-0.1, -0.05) is 48.5 Å². The number of nitrogens with two attached hydrogens (primary N) is 2. The van der Waals surface area contributed by atoms with E-state index in [1.807, 2.05) is 93.6 Å². The van der Waals surface area contributed by atoms with E-state index in [2.05, 4.69) is 30.6 Å². The Kier molecular flexibility index (Phi) is 9.67. The van der Waals surface area contributed by atoms with Crippen LogP contribution < -0.4 is 22.1 Å². The van der Waals surface area contributed by atoms with Crippen LogP contribution in [0.2, 0.25) is 0 Å². The van der Waals surface area contributed by atoms with Crippen molar-refractivity contribution in [3.05, 3.63) is 96.6 Å². The van der Waals surface area contributed by atoms with E-state index in [-0.39, 0.29) is 23.6 Å². The third-order valence-corrected chi connectivity index (χ3v) is 7.01. The molecule has 0 bridgehead atoms. The van der Waals surface area contributed by atoms with Crippen LogP contribution in [-0.4, -0.2) is 55.3 Å². The lowest BCUT2D eigenvalue weighted by atomic mass is 10.1. The normalized spacial score (nSPS) is 12.3. The zero-order valence-corrected chi connectivity index (χ0v) is 25.6. The van der Waals surface area contributed by atoms with Crippen LogP contribution in [-0.2, 0) is 0 Å². The Balaban J connectivity index is 0.000000178. The summed E-state index contributed by atoms with van der Waals surface area (Å²) in [6, 6.07) is 28.2. The Morgan fingerprint density at radius 1 is 0.600 bits per heavy atom. The van der Waals surface area contributed by atoms with Crippen molar-refractivity contribution in [3.8, 4) is 34.3 Å². The number of fused-ring (bicyclic) bond motifs is 2. The molecule has 10 heteroatoms. The summed E-state index contributed by atoms with van der Waals surface area (Å²) in [4.78, 5) is 18.3. The fourth-order valence-electron chi connectivity index (χ4n) is 4.68. The highest BCUT2D eigenvalue weighted by Crippen LogP contribution is 2.32. The number of para-hydroxylation sites is 4. The van der Waals surface area contributed by atoms with Crippen LogP contribution >= 0.6 is 0 Å². The summed E-state index contributed by atoms with van der Waals surface area (Å²) < 4.78 is 0. The molecule has 0 amide bonds. The maximum Gasteiger partial charge on any atom is 0.165 e. The summed E-state index contributed by atoms with van der Waals surface area (Å²) in [6.07, 6.45) is 0. The number of benzene rings is 4. The SMILES string of the molecule is C[C@@H](N)CNc1nc(-c2ccccc2O)nc2ccccc12.Cc1cccc(-c2nc(NC[C@@H](C)N)c3ccccc3n2)c1O. The van der Waals surface area contributed by atoms with Crippen molar-refractivity contribution >= 4 is 33.4 Å². The molecule has 8 N–H and O–H groups in total. The molecule has 10 nitrogen and oxygen atoms in total. The third kappa shape index (κ3) is 7.43. The number of anilines is 2. The van der Waals surface area contributed by atoms with Gasteiger partial charge >= 0.3 is 0 Å². The summed E-state index contributed by atoms with van der Waals surface area (Å²) in [6.45, 7) is 6.95. The van der Waals surface area contributed by atoms with E-state index in [1.165, 1.54) is 0 Å². The molecular formula is C35H38N8O2. The first-order valence-electron chi connectivity index (χ1n) is 14.8. The van der Waals surface area contributed by atoms with Crippen LogP contribution in [0.1, 0.15) is 19.4 Å². The van der Waals surface area contributed by atoms with Crippen molar-refractivity contribution < 1.29 is 10.2 Å². The van der Waals surface area contributed by atoms with Crippen molar-refractivity contribution in [2.45, 2.75) is 32.9 Å². The predicted octanol–water partition coefficient (Wildman–Crippen LogP) is 5.83. The minimum atomic E-state index is 0.0135. The Bertz CT molecular complexity index is 1930. The highest BCUT2D eigenvalue weighted by molar-refractivity contribution is 5.92. The van der Waals surface area contributed by atoms with Gasteiger partial charge in [0.2, 0.25) is 0 Å². The average Bonchev–Trinajstić information content (AvgIpc) is 3.04. The van der Waals surface area contributed by atoms with Gasteiger partial charge in [0.25, 0.3) is 0 Å². The van der Waals surface area contributed by atoms with Gasteiger partial charge in [-0.25, -0.2) is 19.9 Å². The van der Waals surface area contributed by atoms with Crippen molar-refractivity contribution in [1.82, 2.24) is 19.9 Å². The van der Waals surface area contributed by atoms with Crippen LogP contribution in [0.5, 0.6) is 11.5 Å². The van der Waals surface area contributed by atoms with E-state index in [9.17, 15) is 10.2 Å².